The number of thioether (sulfide) groups is 1. The molecule has 1 unspecified atom stereocenters. The molecule has 0 radical (unpaired) electrons. The number of carbonyl (C=O) groups is 3. The van der Waals surface area contributed by atoms with Crippen molar-refractivity contribution in [2.24, 2.45) is 0 Å². The fraction of sp³-hybridized carbons (Fsp3) is 0.400. The fourth-order valence-corrected chi connectivity index (χ4v) is 5.19. The predicted octanol–water partition coefficient (Wildman–Crippen LogP) is 3.65. The Morgan fingerprint density at radius 2 is 1.88 bits per heavy atom. The Hall–Kier alpha value is -3.00. The highest BCUT2D eigenvalue weighted by Crippen LogP contribution is 2.34. The van der Waals surface area contributed by atoms with Crippen LogP contribution in [0.1, 0.15) is 32.6 Å². The summed E-state index contributed by atoms with van der Waals surface area (Å²) in [5.74, 6) is -0.394. The van der Waals surface area contributed by atoms with Crippen LogP contribution in [-0.2, 0) is 14.4 Å². The number of hydrogen-bond acceptors (Lipinski definition) is 5. The molecule has 2 N–H and O–H groups in total. The minimum atomic E-state index is -0.664. The number of nitrogens with zero attached hydrogens (tertiary/aromatic N) is 2. The number of hydrogen-bond donors (Lipinski definition) is 2. The van der Waals surface area contributed by atoms with E-state index < -0.39 is 6.04 Å². The summed E-state index contributed by atoms with van der Waals surface area (Å²) in [4.78, 5) is 43.1. The zero-order valence-electron chi connectivity index (χ0n) is 18.9. The largest absolute Gasteiger partial charge is 0.371 e. The minimum absolute atomic E-state index is 0.103. The smallest absolute Gasteiger partial charge is 0.246 e. The molecule has 0 bridgehead atoms. The Morgan fingerprint density at radius 3 is 2.67 bits per heavy atom. The molecule has 2 aliphatic rings. The highest BCUT2D eigenvalue weighted by atomic mass is 32.2. The first-order chi connectivity index (χ1) is 16.0. The van der Waals surface area contributed by atoms with Crippen LogP contribution in [0.2, 0.25) is 0 Å². The Kier molecular flexibility index (Phi) is 7.54. The van der Waals surface area contributed by atoms with E-state index in [1.54, 1.807) is 0 Å². The summed E-state index contributed by atoms with van der Waals surface area (Å²) in [7, 11) is 0. The summed E-state index contributed by atoms with van der Waals surface area (Å²) in [5.41, 5.74) is 2.56. The second-order valence-electron chi connectivity index (χ2n) is 8.38. The van der Waals surface area contributed by atoms with E-state index in [1.165, 1.54) is 29.5 Å². The molecule has 8 heteroatoms. The maximum atomic E-state index is 13.0. The van der Waals surface area contributed by atoms with E-state index in [1.807, 2.05) is 49.4 Å². The number of benzene rings is 2. The Morgan fingerprint density at radius 1 is 1.09 bits per heavy atom. The molecule has 0 spiro atoms. The molecule has 2 aromatic rings. The van der Waals surface area contributed by atoms with E-state index in [4.69, 9.17) is 0 Å². The van der Waals surface area contributed by atoms with E-state index in [0.717, 1.165) is 41.5 Å². The van der Waals surface area contributed by atoms with Gasteiger partial charge in [-0.3, -0.25) is 14.4 Å². The van der Waals surface area contributed by atoms with Gasteiger partial charge in [-0.15, -0.1) is 11.8 Å². The molecule has 1 saturated heterocycles. The maximum Gasteiger partial charge on any atom is 0.246 e. The lowest BCUT2D eigenvalue weighted by Crippen LogP contribution is -2.49. The molecule has 2 aliphatic heterocycles. The van der Waals surface area contributed by atoms with E-state index >= 15 is 0 Å². The van der Waals surface area contributed by atoms with Crippen LogP contribution in [0.25, 0.3) is 0 Å². The first kappa shape index (κ1) is 23.2. The van der Waals surface area contributed by atoms with Gasteiger partial charge in [-0.05, 0) is 49.6 Å². The van der Waals surface area contributed by atoms with Gasteiger partial charge in [-0.25, -0.2) is 0 Å². The van der Waals surface area contributed by atoms with Gasteiger partial charge in [-0.1, -0.05) is 31.5 Å². The summed E-state index contributed by atoms with van der Waals surface area (Å²) in [6.07, 6.45) is 3.63. The van der Waals surface area contributed by atoms with Gasteiger partial charge in [0.2, 0.25) is 17.7 Å². The summed E-state index contributed by atoms with van der Waals surface area (Å²) in [5, 5.41) is 5.80. The molecule has 0 aliphatic carbocycles. The lowest BCUT2D eigenvalue weighted by molar-refractivity contribution is -0.126. The van der Waals surface area contributed by atoms with E-state index in [2.05, 4.69) is 21.6 Å². The van der Waals surface area contributed by atoms with Crippen molar-refractivity contribution in [3.8, 4) is 0 Å². The molecular formula is C25H30N4O3S. The normalized spacial score (nSPS) is 16.3. The predicted molar refractivity (Wildman–Crippen MR) is 133 cm³/mol. The van der Waals surface area contributed by atoms with Crippen LogP contribution in [0, 0.1) is 0 Å². The summed E-state index contributed by atoms with van der Waals surface area (Å²) < 4.78 is 0. The highest BCUT2D eigenvalue weighted by Gasteiger charge is 2.28. The zero-order chi connectivity index (χ0) is 23.2. The SMILES string of the molecule is CCCC(NC(=O)CN1C(=O)CSc2ccccc21)C(=O)Nc1cccc(N2CCCC2)c1. The number of fused-ring (bicyclic) bond motifs is 1. The van der Waals surface area contributed by atoms with Crippen LogP contribution < -0.4 is 20.4 Å². The highest BCUT2D eigenvalue weighted by molar-refractivity contribution is 8.00. The van der Waals surface area contributed by atoms with Gasteiger partial charge in [0.05, 0.1) is 11.4 Å². The first-order valence-electron chi connectivity index (χ1n) is 11.5. The molecule has 0 aromatic heterocycles. The van der Waals surface area contributed by atoms with Crippen molar-refractivity contribution in [1.82, 2.24) is 5.32 Å². The summed E-state index contributed by atoms with van der Waals surface area (Å²) in [6, 6.07) is 14.7. The molecule has 3 amide bonds. The van der Waals surface area contributed by atoms with E-state index in [9.17, 15) is 14.4 Å². The van der Waals surface area contributed by atoms with Crippen LogP contribution in [0.5, 0.6) is 0 Å². The van der Waals surface area contributed by atoms with Crippen molar-refractivity contribution >= 4 is 46.5 Å². The molecule has 2 heterocycles. The molecule has 174 valence electrons. The molecule has 7 nitrogen and oxygen atoms in total. The lowest BCUT2D eigenvalue weighted by atomic mass is 10.1. The van der Waals surface area contributed by atoms with Gasteiger partial charge >= 0.3 is 0 Å². The van der Waals surface area contributed by atoms with Crippen LogP contribution in [0.15, 0.2) is 53.4 Å². The number of anilines is 3. The van der Waals surface area contributed by atoms with Crippen molar-refractivity contribution in [3.05, 3.63) is 48.5 Å². The molecule has 4 rings (SSSR count). The van der Waals surface area contributed by atoms with Crippen molar-refractivity contribution in [2.75, 3.05) is 40.5 Å². The third kappa shape index (κ3) is 5.68. The number of carbonyl (C=O) groups excluding carboxylic acids is 3. The van der Waals surface area contributed by atoms with Gasteiger partial charge in [0, 0.05) is 29.4 Å². The van der Waals surface area contributed by atoms with Gasteiger partial charge < -0.3 is 20.4 Å². The molecule has 33 heavy (non-hydrogen) atoms. The topological polar surface area (TPSA) is 81.8 Å². The average Bonchev–Trinajstić information content (AvgIpc) is 3.36. The Bertz CT molecular complexity index is 1020. The van der Waals surface area contributed by atoms with E-state index in [-0.39, 0.29) is 24.3 Å². The van der Waals surface area contributed by atoms with Gasteiger partial charge in [0.25, 0.3) is 0 Å². The Balaban J connectivity index is 1.40. The van der Waals surface area contributed by atoms with Gasteiger partial charge in [0.15, 0.2) is 0 Å². The van der Waals surface area contributed by atoms with Gasteiger partial charge in [-0.2, -0.15) is 0 Å². The van der Waals surface area contributed by atoms with Crippen molar-refractivity contribution in [2.45, 2.75) is 43.5 Å². The van der Waals surface area contributed by atoms with Gasteiger partial charge in [0.1, 0.15) is 12.6 Å². The van der Waals surface area contributed by atoms with Crippen LogP contribution in [0.3, 0.4) is 0 Å². The number of nitrogens with one attached hydrogen (secondary N) is 2. The zero-order valence-corrected chi connectivity index (χ0v) is 19.7. The summed E-state index contributed by atoms with van der Waals surface area (Å²) >= 11 is 1.48. The number of para-hydroxylation sites is 1. The third-order valence-corrected chi connectivity index (χ3v) is 6.97. The minimum Gasteiger partial charge on any atom is -0.371 e. The third-order valence-electron chi connectivity index (χ3n) is 5.92. The first-order valence-corrected chi connectivity index (χ1v) is 12.5. The monoisotopic (exact) mass is 466 g/mol. The standard InChI is InChI=1S/C25H30N4O3S/c1-2-8-20(25(32)26-18-9-7-10-19(15-18)28-13-5-6-14-28)27-23(30)16-29-21-11-3-4-12-22(21)33-17-24(29)31/h3-4,7,9-12,15,20H,2,5-6,8,13-14,16-17H2,1H3,(H,26,32)(H,27,30). The second kappa shape index (κ2) is 10.7. The quantitative estimate of drug-likeness (QED) is 0.621. The molecular weight excluding hydrogens is 436 g/mol. The van der Waals surface area contributed by atoms with Crippen molar-refractivity contribution in [1.29, 1.82) is 0 Å². The second-order valence-corrected chi connectivity index (χ2v) is 9.40. The fourth-order valence-electron chi connectivity index (χ4n) is 4.25. The number of amides is 3. The molecule has 2 aromatic carbocycles. The summed E-state index contributed by atoms with van der Waals surface area (Å²) in [6.45, 7) is 3.93. The van der Waals surface area contributed by atoms with Crippen LogP contribution in [0.4, 0.5) is 17.1 Å². The molecule has 1 fully saturated rings. The molecule has 1 atom stereocenters. The van der Waals surface area contributed by atoms with Crippen molar-refractivity contribution < 1.29 is 14.4 Å². The van der Waals surface area contributed by atoms with Crippen molar-refractivity contribution in [3.63, 3.8) is 0 Å². The Labute approximate surface area is 198 Å². The lowest BCUT2D eigenvalue weighted by Gasteiger charge is -2.29. The average molecular weight is 467 g/mol. The molecule has 0 saturated carbocycles. The number of rotatable bonds is 8. The maximum absolute atomic E-state index is 13.0. The van der Waals surface area contributed by atoms with E-state index in [0.29, 0.717) is 12.2 Å². The van der Waals surface area contributed by atoms with Crippen LogP contribution in [-0.4, -0.2) is 49.2 Å². The van der Waals surface area contributed by atoms with Crippen LogP contribution >= 0.6 is 11.8 Å².